The monoisotopic (exact) mass is 260 g/mol. The molecule has 0 spiro atoms. The van der Waals surface area contributed by atoms with E-state index in [1.54, 1.807) is 0 Å². The van der Waals surface area contributed by atoms with Gasteiger partial charge in [-0.3, -0.25) is 4.90 Å². The molecule has 0 saturated carbocycles. The number of rotatable bonds is 3. The summed E-state index contributed by atoms with van der Waals surface area (Å²) >= 11 is 0. The van der Waals surface area contributed by atoms with Crippen molar-refractivity contribution in [1.29, 1.82) is 0 Å². The standard InChI is InChI=1S/C17H28N2/c1-13(2)16-10-18-17(4,5)12-19(16)11-15-8-6-14(3)7-9-15/h6-9,13,16,18H,10-12H2,1-5H3. The molecule has 1 fully saturated rings. The minimum atomic E-state index is 0.218. The van der Waals surface area contributed by atoms with E-state index in [0.717, 1.165) is 19.6 Å². The molecule has 1 aliphatic heterocycles. The first-order chi connectivity index (χ1) is 8.87. The summed E-state index contributed by atoms with van der Waals surface area (Å²) in [6.07, 6.45) is 0. The lowest BCUT2D eigenvalue weighted by Gasteiger charge is -2.46. The Morgan fingerprint density at radius 1 is 1.26 bits per heavy atom. The highest BCUT2D eigenvalue weighted by atomic mass is 15.2. The molecule has 1 unspecified atom stereocenters. The average molecular weight is 260 g/mol. The predicted octanol–water partition coefficient (Wildman–Crippen LogP) is 3.20. The van der Waals surface area contributed by atoms with Gasteiger partial charge < -0.3 is 5.32 Å². The highest BCUT2D eigenvalue weighted by molar-refractivity contribution is 5.21. The van der Waals surface area contributed by atoms with Crippen molar-refractivity contribution in [3.63, 3.8) is 0 Å². The van der Waals surface area contributed by atoms with Gasteiger partial charge in [-0.05, 0) is 32.3 Å². The maximum atomic E-state index is 3.67. The van der Waals surface area contributed by atoms with Crippen LogP contribution in [0, 0.1) is 12.8 Å². The van der Waals surface area contributed by atoms with E-state index < -0.39 is 0 Å². The summed E-state index contributed by atoms with van der Waals surface area (Å²) in [5, 5.41) is 3.67. The van der Waals surface area contributed by atoms with Crippen molar-refractivity contribution < 1.29 is 0 Å². The van der Waals surface area contributed by atoms with Gasteiger partial charge in [0, 0.05) is 31.2 Å². The Labute approximate surface area is 118 Å². The largest absolute Gasteiger partial charge is 0.309 e. The molecule has 1 N–H and O–H groups in total. The van der Waals surface area contributed by atoms with Crippen molar-refractivity contribution in [1.82, 2.24) is 10.2 Å². The average Bonchev–Trinajstić information content (AvgIpc) is 2.30. The first kappa shape index (κ1) is 14.5. The summed E-state index contributed by atoms with van der Waals surface area (Å²) in [4.78, 5) is 2.64. The van der Waals surface area contributed by atoms with Gasteiger partial charge in [0.05, 0.1) is 0 Å². The van der Waals surface area contributed by atoms with Crippen LogP contribution in [0.1, 0.15) is 38.8 Å². The van der Waals surface area contributed by atoms with Gasteiger partial charge >= 0.3 is 0 Å². The molecule has 1 saturated heterocycles. The van der Waals surface area contributed by atoms with Crippen molar-refractivity contribution in [2.45, 2.75) is 52.7 Å². The molecule has 1 atom stereocenters. The van der Waals surface area contributed by atoms with Crippen molar-refractivity contribution >= 4 is 0 Å². The van der Waals surface area contributed by atoms with Crippen LogP contribution in [-0.2, 0) is 6.54 Å². The highest BCUT2D eigenvalue weighted by Gasteiger charge is 2.33. The Balaban J connectivity index is 2.11. The molecular formula is C17H28N2. The summed E-state index contributed by atoms with van der Waals surface area (Å²) in [6, 6.07) is 9.60. The molecule has 1 aromatic rings. The Hall–Kier alpha value is -0.860. The zero-order valence-electron chi connectivity index (χ0n) is 13.0. The van der Waals surface area contributed by atoms with Crippen LogP contribution in [-0.4, -0.2) is 29.6 Å². The van der Waals surface area contributed by atoms with Crippen LogP contribution < -0.4 is 5.32 Å². The van der Waals surface area contributed by atoms with Crippen molar-refractivity contribution in [3.8, 4) is 0 Å². The number of nitrogens with one attached hydrogen (secondary N) is 1. The number of nitrogens with zero attached hydrogens (tertiary/aromatic N) is 1. The van der Waals surface area contributed by atoms with E-state index in [0.29, 0.717) is 12.0 Å². The van der Waals surface area contributed by atoms with E-state index in [1.165, 1.54) is 11.1 Å². The third kappa shape index (κ3) is 3.80. The lowest BCUT2D eigenvalue weighted by Crippen LogP contribution is -2.62. The van der Waals surface area contributed by atoms with Crippen LogP contribution in [0.3, 0.4) is 0 Å². The lowest BCUT2D eigenvalue weighted by atomic mass is 9.92. The SMILES string of the molecule is Cc1ccc(CN2CC(C)(C)NCC2C(C)C)cc1. The van der Waals surface area contributed by atoms with Gasteiger partial charge in [0.2, 0.25) is 0 Å². The normalized spacial score (nSPS) is 23.8. The Bertz CT molecular complexity index is 406. The first-order valence-corrected chi connectivity index (χ1v) is 7.42. The van der Waals surface area contributed by atoms with Gasteiger partial charge in [0.1, 0.15) is 0 Å². The second-order valence-corrected chi connectivity index (χ2v) is 6.97. The van der Waals surface area contributed by atoms with Crippen LogP contribution in [0.25, 0.3) is 0 Å². The number of hydrogen-bond donors (Lipinski definition) is 1. The minimum Gasteiger partial charge on any atom is -0.309 e. The third-order valence-corrected chi connectivity index (χ3v) is 4.13. The van der Waals surface area contributed by atoms with Gasteiger partial charge in [0.15, 0.2) is 0 Å². The van der Waals surface area contributed by atoms with E-state index in [1.807, 2.05) is 0 Å². The van der Waals surface area contributed by atoms with Crippen molar-refractivity contribution in [3.05, 3.63) is 35.4 Å². The zero-order valence-corrected chi connectivity index (χ0v) is 13.0. The second-order valence-electron chi connectivity index (χ2n) is 6.97. The van der Waals surface area contributed by atoms with E-state index >= 15 is 0 Å². The van der Waals surface area contributed by atoms with Gasteiger partial charge in [-0.1, -0.05) is 43.7 Å². The van der Waals surface area contributed by atoms with Gasteiger partial charge in [-0.15, -0.1) is 0 Å². The highest BCUT2D eigenvalue weighted by Crippen LogP contribution is 2.22. The fraction of sp³-hybridized carbons (Fsp3) is 0.647. The second kappa shape index (κ2) is 5.64. The molecule has 106 valence electrons. The number of benzene rings is 1. The molecule has 0 aromatic heterocycles. The number of hydrogen-bond acceptors (Lipinski definition) is 2. The van der Waals surface area contributed by atoms with Gasteiger partial charge in [-0.25, -0.2) is 0 Å². The number of piperazine rings is 1. The summed E-state index contributed by atoms with van der Waals surface area (Å²) in [6.45, 7) is 14.7. The molecule has 2 rings (SSSR count). The van der Waals surface area contributed by atoms with Gasteiger partial charge in [-0.2, -0.15) is 0 Å². The third-order valence-electron chi connectivity index (χ3n) is 4.13. The van der Waals surface area contributed by atoms with E-state index in [2.05, 4.69) is 69.1 Å². The molecule has 1 aromatic carbocycles. The Morgan fingerprint density at radius 3 is 2.47 bits per heavy atom. The van der Waals surface area contributed by atoms with E-state index in [9.17, 15) is 0 Å². The van der Waals surface area contributed by atoms with Crippen LogP contribution >= 0.6 is 0 Å². The summed E-state index contributed by atoms with van der Waals surface area (Å²) in [7, 11) is 0. The van der Waals surface area contributed by atoms with Gasteiger partial charge in [0.25, 0.3) is 0 Å². The first-order valence-electron chi connectivity index (χ1n) is 7.42. The van der Waals surface area contributed by atoms with Crippen LogP contribution in [0.15, 0.2) is 24.3 Å². The molecule has 0 bridgehead atoms. The Kier molecular flexibility index (Phi) is 4.32. The van der Waals surface area contributed by atoms with Crippen LogP contribution in [0.4, 0.5) is 0 Å². The molecule has 1 aliphatic rings. The maximum Gasteiger partial charge on any atom is 0.0253 e. The molecule has 19 heavy (non-hydrogen) atoms. The smallest absolute Gasteiger partial charge is 0.0253 e. The summed E-state index contributed by atoms with van der Waals surface area (Å²) in [5.41, 5.74) is 2.98. The molecular weight excluding hydrogens is 232 g/mol. The fourth-order valence-corrected chi connectivity index (χ4v) is 2.95. The maximum absolute atomic E-state index is 3.67. The quantitative estimate of drug-likeness (QED) is 0.898. The van der Waals surface area contributed by atoms with Crippen molar-refractivity contribution in [2.75, 3.05) is 13.1 Å². The van der Waals surface area contributed by atoms with Crippen LogP contribution in [0.5, 0.6) is 0 Å². The minimum absolute atomic E-state index is 0.218. The molecule has 2 heteroatoms. The molecule has 0 radical (unpaired) electrons. The van der Waals surface area contributed by atoms with Crippen molar-refractivity contribution in [2.24, 2.45) is 5.92 Å². The molecule has 0 amide bonds. The van der Waals surface area contributed by atoms with Crippen LogP contribution in [0.2, 0.25) is 0 Å². The lowest BCUT2D eigenvalue weighted by molar-refractivity contribution is 0.0627. The topological polar surface area (TPSA) is 15.3 Å². The summed E-state index contributed by atoms with van der Waals surface area (Å²) in [5.74, 6) is 0.689. The molecule has 0 aliphatic carbocycles. The van der Waals surface area contributed by atoms with E-state index in [-0.39, 0.29) is 5.54 Å². The predicted molar refractivity (Wildman–Crippen MR) is 82.3 cm³/mol. The number of aryl methyl sites for hydroxylation is 1. The molecule has 1 heterocycles. The summed E-state index contributed by atoms with van der Waals surface area (Å²) < 4.78 is 0. The zero-order chi connectivity index (χ0) is 14.0. The molecule has 2 nitrogen and oxygen atoms in total. The Morgan fingerprint density at radius 2 is 1.89 bits per heavy atom. The van der Waals surface area contributed by atoms with E-state index in [4.69, 9.17) is 0 Å². The fourth-order valence-electron chi connectivity index (χ4n) is 2.95.